The van der Waals surface area contributed by atoms with Crippen LogP contribution in [0.1, 0.15) is 77.6 Å². The molecule has 70 heavy (non-hydrogen) atoms. The van der Waals surface area contributed by atoms with Gasteiger partial charge in [-0.05, 0) is 91.7 Å². The van der Waals surface area contributed by atoms with Gasteiger partial charge in [0.15, 0.2) is 0 Å². The van der Waals surface area contributed by atoms with E-state index in [1.807, 2.05) is 36.5 Å². The normalized spacial score (nSPS) is 11.9. The van der Waals surface area contributed by atoms with Gasteiger partial charge in [0.1, 0.15) is 11.6 Å². The zero-order valence-electron chi connectivity index (χ0n) is 41.2. The number of benzene rings is 8. The average Bonchev–Trinajstić information content (AvgIpc) is 3.76. The second-order valence-electron chi connectivity index (χ2n) is 20.8. The second-order valence-corrected chi connectivity index (χ2v) is 20.8. The van der Waals surface area contributed by atoms with Crippen LogP contribution < -0.4 is 0 Å². The summed E-state index contributed by atoms with van der Waals surface area (Å²) in [5.74, 6) is 0.811. The van der Waals surface area contributed by atoms with E-state index in [1.54, 1.807) is 6.07 Å². The fourth-order valence-electron chi connectivity index (χ4n) is 9.47. The molecule has 1 N–H and O–H groups in total. The average molecular weight is 1090 g/mol. The predicted molar refractivity (Wildman–Crippen MR) is 288 cm³/mol. The van der Waals surface area contributed by atoms with Crippen LogP contribution in [-0.2, 0) is 37.3 Å². The topological polar surface area (TPSA) is 50.9 Å². The number of pyridine rings is 1. The van der Waals surface area contributed by atoms with Crippen molar-refractivity contribution in [3.8, 4) is 78.6 Å². The maximum Gasteiger partial charge on any atom is 0.148 e. The molecule has 0 saturated heterocycles. The van der Waals surface area contributed by atoms with E-state index in [2.05, 4.69) is 224 Å². The minimum atomic E-state index is -0.175. The Bertz CT molecular complexity index is 3470. The number of aromatic hydroxyl groups is 1. The van der Waals surface area contributed by atoms with Gasteiger partial charge in [0.25, 0.3) is 0 Å². The van der Waals surface area contributed by atoms with Crippen LogP contribution in [0.25, 0.3) is 83.9 Å². The van der Waals surface area contributed by atoms with E-state index in [-0.39, 0.29) is 43.1 Å². The zero-order valence-corrected chi connectivity index (χ0v) is 43.4. The Morgan fingerprint density at radius 3 is 1.64 bits per heavy atom. The second kappa shape index (κ2) is 19.0. The first-order chi connectivity index (χ1) is 33.1. The van der Waals surface area contributed by atoms with Crippen molar-refractivity contribution in [2.75, 3.05) is 0 Å². The third kappa shape index (κ3) is 9.34. The number of rotatable bonds is 9. The van der Waals surface area contributed by atoms with E-state index >= 15 is 0 Å². The summed E-state index contributed by atoms with van der Waals surface area (Å²) >= 11 is 0. The zero-order chi connectivity index (χ0) is 48.1. The Balaban J connectivity index is 0.00000608. The van der Waals surface area contributed by atoms with Crippen LogP contribution in [0.2, 0.25) is 0 Å². The summed E-state index contributed by atoms with van der Waals surface area (Å²) in [5.41, 5.74) is 18.4. The predicted octanol–water partition coefficient (Wildman–Crippen LogP) is 16.8. The number of phenolic OH excluding ortho intramolecular Hbond substituents is 1. The number of hydrogen-bond donors (Lipinski definition) is 1. The minimum Gasteiger partial charge on any atom is -0.507 e. The van der Waals surface area contributed by atoms with Crippen molar-refractivity contribution in [3.05, 3.63) is 229 Å². The molecule has 350 valence electrons. The molecule has 0 unspecified atom stereocenters. The fourth-order valence-corrected chi connectivity index (χ4v) is 9.47. The number of hydrogen-bond acceptors (Lipinski definition) is 3. The van der Waals surface area contributed by atoms with E-state index < -0.39 is 0 Å². The molecule has 0 bridgehead atoms. The molecule has 10 aromatic rings. The molecule has 0 aliphatic heterocycles. The van der Waals surface area contributed by atoms with Gasteiger partial charge < -0.3 is 5.11 Å². The third-order valence-electron chi connectivity index (χ3n) is 13.7. The van der Waals surface area contributed by atoms with Gasteiger partial charge >= 0.3 is 0 Å². The molecule has 5 heteroatoms. The SMILES string of the molecule is CC(C)(C)c1ccc(C(C)(C)c2ccc(-c3ccnc(-c4[c-]c(-c5cccc6c5nc(-c5ccccc5O)n6-c5ccc(-c6ccccc6)cc5-c5ccccc5)cc(C(C)(C)C)c4)c3)cc2)cc1.[Pt]. The molecule has 0 radical (unpaired) electrons. The molecule has 8 aromatic carbocycles. The molecule has 0 atom stereocenters. The van der Waals surface area contributed by atoms with Gasteiger partial charge in [0.2, 0.25) is 0 Å². The summed E-state index contributed by atoms with van der Waals surface area (Å²) in [4.78, 5) is 10.5. The molecule has 0 aliphatic rings. The van der Waals surface area contributed by atoms with Crippen molar-refractivity contribution < 1.29 is 26.2 Å². The van der Waals surface area contributed by atoms with Crippen LogP contribution in [0.5, 0.6) is 5.75 Å². The quantitative estimate of drug-likeness (QED) is 0.147. The van der Waals surface area contributed by atoms with Gasteiger partial charge in [-0.25, -0.2) is 4.98 Å². The molecule has 0 saturated carbocycles. The molecule has 2 aromatic heterocycles. The molecule has 10 rings (SSSR count). The van der Waals surface area contributed by atoms with Crippen molar-refractivity contribution >= 4 is 11.0 Å². The van der Waals surface area contributed by atoms with Crippen LogP contribution in [0.4, 0.5) is 0 Å². The van der Waals surface area contributed by atoms with Crippen LogP contribution in [-0.4, -0.2) is 19.6 Å². The van der Waals surface area contributed by atoms with Crippen LogP contribution >= 0.6 is 0 Å². The fraction of sp³-hybridized carbons (Fsp3) is 0.169. The first kappa shape index (κ1) is 47.9. The smallest absolute Gasteiger partial charge is 0.148 e. The van der Waals surface area contributed by atoms with Crippen LogP contribution in [0.3, 0.4) is 0 Å². The molecule has 0 spiro atoms. The van der Waals surface area contributed by atoms with Crippen molar-refractivity contribution in [2.24, 2.45) is 0 Å². The Morgan fingerprint density at radius 1 is 0.443 bits per heavy atom. The van der Waals surface area contributed by atoms with E-state index in [0.717, 1.165) is 72.5 Å². The van der Waals surface area contributed by atoms with Crippen molar-refractivity contribution in [3.63, 3.8) is 0 Å². The van der Waals surface area contributed by atoms with Gasteiger partial charge in [-0.1, -0.05) is 212 Å². The van der Waals surface area contributed by atoms with Crippen molar-refractivity contribution in [2.45, 2.75) is 71.6 Å². The number of para-hydroxylation sites is 2. The molecule has 0 amide bonds. The summed E-state index contributed by atoms with van der Waals surface area (Å²) in [6.45, 7) is 18.1. The molecule has 4 nitrogen and oxygen atoms in total. The van der Waals surface area contributed by atoms with E-state index in [9.17, 15) is 5.11 Å². The van der Waals surface area contributed by atoms with Gasteiger partial charge in [-0.15, -0.1) is 29.3 Å². The van der Waals surface area contributed by atoms with E-state index in [1.165, 1.54) is 22.3 Å². The van der Waals surface area contributed by atoms with Gasteiger partial charge in [-0.3, -0.25) is 9.55 Å². The van der Waals surface area contributed by atoms with Crippen molar-refractivity contribution in [1.29, 1.82) is 0 Å². The molecular weight excluding hydrogens is 1030 g/mol. The number of imidazole rings is 1. The Labute approximate surface area is 428 Å². The van der Waals surface area contributed by atoms with Crippen LogP contribution in [0, 0.1) is 6.07 Å². The summed E-state index contributed by atoms with van der Waals surface area (Å²) < 4.78 is 2.21. The maximum absolute atomic E-state index is 11.5. The molecular formula is C65H58N3OPt-. The summed E-state index contributed by atoms with van der Waals surface area (Å²) in [6, 6.07) is 72.2. The summed E-state index contributed by atoms with van der Waals surface area (Å²) in [6.07, 6.45) is 1.91. The standard InChI is InChI=1S/C65H58N3O.Pt/c1-63(2,3)50-31-33-52(34-32-50)65(7,8)51-29-26-44(27-30-51)47-36-37-66-57(42-47)49-38-48(39-53(40-49)64(4,5)6)54-23-17-24-59-61(54)67-62(55-22-15-16-25-60(55)69)68(59)58-35-28-46(43-18-11-9-12-19-43)41-56(58)45-20-13-10-14-21-45;/h9-37,39-42,69H,1-8H3;/q-1;. The summed E-state index contributed by atoms with van der Waals surface area (Å²) in [7, 11) is 0. The van der Waals surface area contributed by atoms with Gasteiger partial charge in [-0.2, -0.15) is 0 Å². The molecule has 0 fully saturated rings. The Hall–Kier alpha value is -7.13. The van der Waals surface area contributed by atoms with Gasteiger partial charge in [0.05, 0.1) is 22.3 Å². The first-order valence-electron chi connectivity index (χ1n) is 24.0. The third-order valence-corrected chi connectivity index (χ3v) is 13.7. The van der Waals surface area contributed by atoms with E-state index in [4.69, 9.17) is 9.97 Å². The molecule has 2 heterocycles. The maximum atomic E-state index is 11.5. The van der Waals surface area contributed by atoms with Gasteiger partial charge in [0, 0.05) is 43.9 Å². The van der Waals surface area contributed by atoms with Crippen molar-refractivity contribution in [1.82, 2.24) is 14.5 Å². The Morgan fingerprint density at radius 2 is 0.986 bits per heavy atom. The monoisotopic (exact) mass is 1090 g/mol. The largest absolute Gasteiger partial charge is 0.507 e. The summed E-state index contributed by atoms with van der Waals surface area (Å²) in [5, 5.41) is 11.5. The minimum absolute atomic E-state index is 0. The number of nitrogens with zero attached hydrogens (tertiary/aromatic N) is 3. The van der Waals surface area contributed by atoms with Crippen LogP contribution in [0.15, 0.2) is 200 Å². The number of aromatic nitrogens is 3. The van der Waals surface area contributed by atoms with E-state index in [0.29, 0.717) is 11.4 Å². The number of phenols is 1. The Kier molecular flexibility index (Phi) is 13.0. The first-order valence-corrected chi connectivity index (χ1v) is 24.0. The molecule has 0 aliphatic carbocycles. The number of fused-ring (bicyclic) bond motifs is 1.